The van der Waals surface area contributed by atoms with Gasteiger partial charge in [-0.3, -0.25) is 0 Å². The summed E-state index contributed by atoms with van der Waals surface area (Å²) in [5, 5.41) is 3.28. The maximum atomic E-state index is 13.0. The summed E-state index contributed by atoms with van der Waals surface area (Å²) >= 11 is 0. The van der Waals surface area contributed by atoms with Crippen molar-refractivity contribution in [3.63, 3.8) is 0 Å². The molecule has 21 heavy (non-hydrogen) atoms. The number of ether oxygens (including phenoxy) is 1. The predicted octanol–water partition coefficient (Wildman–Crippen LogP) is 2.71. The lowest BCUT2D eigenvalue weighted by Crippen LogP contribution is -2.18. The van der Waals surface area contributed by atoms with E-state index in [2.05, 4.69) is 15.3 Å². The van der Waals surface area contributed by atoms with Gasteiger partial charge in [-0.25, -0.2) is 14.4 Å². The maximum Gasteiger partial charge on any atom is 0.135 e. The van der Waals surface area contributed by atoms with Crippen molar-refractivity contribution >= 4 is 5.82 Å². The third kappa shape index (κ3) is 3.19. The molecule has 1 N–H and O–H groups in total. The summed E-state index contributed by atoms with van der Waals surface area (Å²) < 4.78 is 18.5. The molecule has 1 aliphatic rings. The van der Waals surface area contributed by atoms with E-state index >= 15 is 0 Å². The Bertz CT molecular complexity index is 628. The Labute approximate surface area is 123 Å². The quantitative estimate of drug-likeness (QED) is 0.939. The Kier molecular flexibility index (Phi) is 4.10. The van der Waals surface area contributed by atoms with Gasteiger partial charge in [-0.1, -0.05) is 12.1 Å². The molecule has 0 atom stereocenters. The lowest BCUT2D eigenvalue weighted by Gasteiger charge is -2.20. The number of benzene rings is 1. The number of hydrogen-bond acceptors (Lipinski definition) is 4. The summed E-state index contributed by atoms with van der Waals surface area (Å²) in [5.41, 5.74) is 3.13. The van der Waals surface area contributed by atoms with Crippen LogP contribution in [0, 0.1) is 5.82 Å². The summed E-state index contributed by atoms with van der Waals surface area (Å²) in [6.45, 7) is 4.11. The molecule has 3 rings (SSSR count). The van der Waals surface area contributed by atoms with E-state index in [9.17, 15) is 4.39 Å². The molecule has 1 aromatic heterocycles. The average Bonchev–Trinajstić information content (AvgIpc) is 2.50. The second-order valence-electron chi connectivity index (χ2n) is 5.05. The monoisotopic (exact) mass is 287 g/mol. The zero-order valence-corrected chi connectivity index (χ0v) is 12.0. The second-order valence-corrected chi connectivity index (χ2v) is 5.05. The van der Waals surface area contributed by atoms with Crippen LogP contribution in [-0.4, -0.2) is 23.1 Å². The molecule has 0 spiro atoms. The van der Waals surface area contributed by atoms with E-state index in [0.717, 1.165) is 41.4 Å². The summed E-state index contributed by atoms with van der Waals surface area (Å²) in [7, 11) is 0. The van der Waals surface area contributed by atoms with Crippen LogP contribution in [0.25, 0.3) is 0 Å². The third-order valence-electron chi connectivity index (χ3n) is 3.49. The van der Waals surface area contributed by atoms with Crippen molar-refractivity contribution in [2.75, 3.05) is 18.5 Å². The number of nitrogens with zero attached hydrogens (tertiary/aromatic N) is 2. The summed E-state index contributed by atoms with van der Waals surface area (Å²) in [6.07, 6.45) is 1.42. The molecule has 0 saturated carbocycles. The van der Waals surface area contributed by atoms with Gasteiger partial charge in [0.15, 0.2) is 0 Å². The van der Waals surface area contributed by atoms with Crippen molar-refractivity contribution in [3.8, 4) is 0 Å². The topological polar surface area (TPSA) is 47.0 Å². The smallest absolute Gasteiger partial charge is 0.135 e. The van der Waals surface area contributed by atoms with Crippen molar-refractivity contribution in [2.45, 2.75) is 26.4 Å². The van der Waals surface area contributed by atoms with Crippen LogP contribution in [0.4, 0.5) is 10.2 Å². The Morgan fingerprint density at radius 3 is 2.81 bits per heavy atom. The van der Waals surface area contributed by atoms with E-state index in [1.54, 1.807) is 12.1 Å². The fourth-order valence-electron chi connectivity index (χ4n) is 2.46. The summed E-state index contributed by atoms with van der Waals surface area (Å²) in [5.74, 6) is 1.40. The Morgan fingerprint density at radius 1 is 1.24 bits per heavy atom. The van der Waals surface area contributed by atoms with Crippen LogP contribution in [0.3, 0.4) is 0 Å². The first-order valence-electron chi connectivity index (χ1n) is 7.21. The number of rotatable bonds is 4. The van der Waals surface area contributed by atoms with Gasteiger partial charge in [0.05, 0.1) is 18.9 Å². The van der Waals surface area contributed by atoms with Crippen LogP contribution in [0.2, 0.25) is 0 Å². The number of aromatic nitrogens is 2. The Balaban J connectivity index is 1.91. The molecule has 0 bridgehead atoms. The van der Waals surface area contributed by atoms with Gasteiger partial charge in [0.2, 0.25) is 0 Å². The number of hydrogen-bond donors (Lipinski definition) is 1. The lowest BCUT2D eigenvalue weighted by molar-refractivity contribution is 0.109. The van der Waals surface area contributed by atoms with E-state index in [4.69, 9.17) is 4.74 Å². The van der Waals surface area contributed by atoms with E-state index in [-0.39, 0.29) is 5.82 Å². The van der Waals surface area contributed by atoms with E-state index in [1.807, 2.05) is 6.92 Å². The van der Waals surface area contributed by atoms with Gasteiger partial charge in [0.25, 0.3) is 0 Å². The maximum absolute atomic E-state index is 13.0. The van der Waals surface area contributed by atoms with Crippen molar-refractivity contribution in [1.82, 2.24) is 9.97 Å². The fourth-order valence-corrected chi connectivity index (χ4v) is 2.46. The highest BCUT2D eigenvalue weighted by Gasteiger charge is 2.18. The number of halogens is 1. The minimum atomic E-state index is -0.226. The van der Waals surface area contributed by atoms with Gasteiger partial charge in [-0.15, -0.1) is 0 Å². The molecule has 0 fully saturated rings. The van der Waals surface area contributed by atoms with Crippen molar-refractivity contribution < 1.29 is 9.13 Å². The van der Waals surface area contributed by atoms with E-state index < -0.39 is 0 Å². The summed E-state index contributed by atoms with van der Waals surface area (Å²) in [6, 6.07) is 6.47. The number of nitrogens with one attached hydrogen (secondary N) is 1. The predicted molar refractivity (Wildman–Crippen MR) is 78.8 cm³/mol. The van der Waals surface area contributed by atoms with Gasteiger partial charge in [-0.2, -0.15) is 0 Å². The molecule has 4 nitrogen and oxygen atoms in total. The van der Waals surface area contributed by atoms with Crippen LogP contribution < -0.4 is 5.32 Å². The normalized spacial score (nSPS) is 13.8. The summed E-state index contributed by atoms with van der Waals surface area (Å²) in [4.78, 5) is 9.25. The zero-order chi connectivity index (χ0) is 14.7. The van der Waals surface area contributed by atoms with Gasteiger partial charge >= 0.3 is 0 Å². The number of anilines is 1. The van der Waals surface area contributed by atoms with Gasteiger partial charge < -0.3 is 10.1 Å². The average molecular weight is 287 g/mol. The van der Waals surface area contributed by atoms with Gasteiger partial charge in [0.1, 0.15) is 17.5 Å². The fraction of sp³-hybridized carbons (Fsp3) is 0.375. The highest BCUT2D eigenvalue weighted by atomic mass is 19.1. The van der Waals surface area contributed by atoms with Gasteiger partial charge in [-0.05, 0) is 24.6 Å². The molecule has 1 aliphatic heterocycles. The van der Waals surface area contributed by atoms with E-state index in [0.29, 0.717) is 19.6 Å². The Morgan fingerprint density at radius 2 is 2.05 bits per heavy atom. The van der Waals surface area contributed by atoms with Crippen LogP contribution >= 0.6 is 0 Å². The molecular formula is C16H18FN3O. The zero-order valence-electron chi connectivity index (χ0n) is 12.0. The SMILES string of the molecule is CCNc1nc(Cc2ccc(F)cc2)nc2c1COCC2. The van der Waals surface area contributed by atoms with E-state index in [1.165, 1.54) is 12.1 Å². The Hall–Kier alpha value is -2.01. The van der Waals surface area contributed by atoms with Gasteiger partial charge in [0, 0.05) is 24.9 Å². The third-order valence-corrected chi connectivity index (χ3v) is 3.49. The molecule has 110 valence electrons. The molecule has 0 unspecified atom stereocenters. The molecular weight excluding hydrogens is 269 g/mol. The molecule has 0 radical (unpaired) electrons. The largest absolute Gasteiger partial charge is 0.376 e. The van der Waals surface area contributed by atoms with Crippen LogP contribution in [0.15, 0.2) is 24.3 Å². The first kappa shape index (κ1) is 13.9. The molecule has 0 saturated heterocycles. The molecule has 0 amide bonds. The lowest BCUT2D eigenvalue weighted by atomic mass is 10.1. The highest BCUT2D eigenvalue weighted by Crippen LogP contribution is 2.23. The molecule has 2 heterocycles. The molecule has 1 aromatic carbocycles. The van der Waals surface area contributed by atoms with Crippen LogP contribution in [0.5, 0.6) is 0 Å². The minimum absolute atomic E-state index is 0.226. The highest BCUT2D eigenvalue weighted by molar-refractivity contribution is 5.47. The van der Waals surface area contributed by atoms with Crippen LogP contribution in [-0.2, 0) is 24.2 Å². The second kappa shape index (κ2) is 6.18. The van der Waals surface area contributed by atoms with Crippen LogP contribution in [0.1, 0.15) is 29.6 Å². The van der Waals surface area contributed by atoms with Crippen molar-refractivity contribution in [2.24, 2.45) is 0 Å². The minimum Gasteiger partial charge on any atom is -0.376 e. The number of fused-ring (bicyclic) bond motifs is 1. The molecule has 5 heteroatoms. The molecule has 2 aromatic rings. The standard InChI is InChI=1S/C16H18FN3O/c1-2-18-16-13-10-21-8-7-14(13)19-15(20-16)9-11-3-5-12(17)6-4-11/h3-6H,2,7-10H2,1H3,(H,18,19,20). The first-order valence-corrected chi connectivity index (χ1v) is 7.21. The molecule has 0 aliphatic carbocycles. The van der Waals surface area contributed by atoms with Crippen molar-refractivity contribution in [3.05, 3.63) is 52.7 Å². The first-order chi connectivity index (χ1) is 10.3. The van der Waals surface area contributed by atoms with Crippen molar-refractivity contribution in [1.29, 1.82) is 0 Å².